The Labute approximate surface area is 80.2 Å². The Bertz CT molecular complexity index is 321. The number of rotatable bonds is 1. The van der Waals surface area contributed by atoms with Gasteiger partial charge in [-0.2, -0.15) is 5.06 Å². The summed E-state index contributed by atoms with van der Waals surface area (Å²) in [4.78, 5) is 28.1. The van der Waals surface area contributed by atoms with Crippen molar-refractivity contribution in [1.29, 1.82) is 0 Å². The molecule has 14 heavy (non-hydrogen) atoms. The summed E-state index contributed by atoms with van der Waals surface area (Å²) in [6, 6.07) is 0. The van der Waals surface area contributed by atoms with Crippen molar-refractivity contribution in [3.8, 4) is 0 Å². The minimum Gasteiger partial charge on any atom is -0.365 e. The highest BCUT2D eigenvalue weighted by Gasteiger charge is 2.61. The molecule has 0 aliphatic carbocycles. The van der Waals surface area contributed by atoms with Gasteiger partial charge < -0.3 is 4.74 Å². The summed E-state index contributed by atoms with van der Waals surface area (Å²) >= 11 is 0. The van der Waals surface area contributed by atoms with Gasteiger partial charge >= 0.3 is 0 Å². The number of carbonyl (C=O) groups excluding carboxylic acids is 2. The van der Waals surface area contributed by atoms with Gasteiger partial charge in [-0.05, 0) is 0 Å². The molecular weight excluding hydrogens is 186 g/mol. The molecule has 2 bridgehead atoms. The highest BCUT2D eigenvalue weighted by atomic mass is 16.7. The summed E-state index contributed by atoms with van der Waals surface area (Å²) in [6.45, 7) is 0. The van der Waals surface area contributed by atoms with E-state index in [0.29, 0.717) is 0 Å². The van der Waals surface area contributed by atoms with E-state index in [1.54, 1.807) is 0 Å². The monoisotopic (exact) mass is 195 g/mol. The van der Waals surface area contributed by atoms with Crippen LogP contribution >= 0.6 is 0 Å². The van der Waals surface area contributed by atoms with E-state index in [0.717, 1.165) is 5.06 Å². The van der Waals surface area contributed by atoms with Crippen molar-refractivity contribution in [3.63, 3.8) is 0 Å². The fourth-order valence-corrected chi connectivity index (χ4v) is 2.46. The third kappa shape index (κ3) is 0.726. The van der Waals surface area contributed by atoms with E-state index in [1.165, 1.54) is 7.11 Å². The molecule has 5 heteroatoms. The zero-order chi connectivity index (χ0) is 9.87. The fourth-order valence-electron chi connectivity index (χ4n) is 2.46. The molecule has 3 rings (SSSR count). The molecular formula is C9H9NO4. The third-order valence-corrected chi connectivity index (χ3v) is 3.05. The topological polar surface area (TPSA) is 55.8 Å². The first-order valence-electron chi connectivity index (χ1n) is 4.50. The lowest BCUT2D eigenvalue weighted by molar-refractivity contribution is -0.183. The molecule has 4 atom stereocenters. The van der Waals surface area contributed by atoms with Gasteiger partial charge in [-0.3, -0.25) is 14.4 Å². The van der Waals surface area contributed by atoms with Crippen LogP contribution < -0.4 is 0 Å². The number of fused-ring (bicyclic) bond motifs is 5. The maximum absolute atomic E-state index is 11.7. The Morgan fingerprint density at radius 3 is 2.14 bits per heavy atom. The van der Waals surface area contributed by atoms with Crippen LogP contribution in [0.15, 0.2) is 12.2 Å². The van der Waals surface area contributed by atoms with Crippen LogP contribution in [0.1, 0.15) is 0 Å². The summed E-state index contributed by atoms with van der Waals surface area (Å²) in [6.07, 6.45) is 3.22. The molecule has 2 saturated heterocycles. The minimum atomic E-state index is -0.363. The molecule has 0 aromatic rings. The number of ether oxygens (including phenoxy) is 1. The van der Waals surface area contributed by atoms with Crippen molar-refractivity contribution in [1.82, 2.24) is 5.06 Å². The Morgan fingerprint density at radius 2 is 1.71 bits per heavy atom. The third-order valence-electron chi connectivity index (χ3n) is 3.05. The van der Waals surface area contributed by atoms with Crippen LogP contribution in [0.2, 0.25) is 0 Å². The highest BCUT2D eigenvalue weighted by molar-refractivity contribution is 6.05. The second kappa shape index (κ2) is 2.43. The second-order valence-electron chi connectivity index (χ2n) is 3.66. The van der Waals surface area contributed by atoms with Gasteiger partial charge in [0.2, 0.25) is 0 Å². The van der Waals surface area contributed by atoms with Crippen molar-refractivity contribution in [2.24, 2.45) is 11.8 Å². The number of hydroxylamine groups is 2. The summed E-state index contributed by atoms with van der Waals surface area (Å²) < 4.78 is 5.44. The number of imide groups is 1. The summed E-state index contributed by atoms with van der Waals surface area (Å²) in [7, 11) is 1.33. The molecule has 0 N–H and O–H groups in total. The quantitative estimate of drug-likeness (QED) is 0.417. The largest absolute Gasteiger partial charge is 0.365 e. The van der Waals surface area contributed by atoms with E-state index in [4.69, 9.17) is 9.57 Å². The Kier molecular flexibility index (Phi) is 1.41. The van der Waals surface area contributed by atoms with Gasteiger partial charge in [-0.25, -0.2) is 0 Å². The van der Waals surface area contributed by atoms with E-state index >= 15 is 0 Å². The standard InChI is InChI=1S/C9H9NO4/c1-13-10-8(11)6-4-2-3-5(14-4)7(6)9(10)12/h2-7H,1H3/t4-,5+,6-,7-/m0/s1. The molecule has 2 amide bonds. The molecule has 0 aromatic carbocycles. The molecule has 3 aliphatic rings. The molecule has 0 unspecified atom stereocenters. The fraction of sp³-hybridized carbons (Fsp3) is 0.556. The van der Waals surface area contributed by atoms with Crippen molar-refractivity contribution >= 4 is 11.8 Å². The number of nitrogens with zero attached hydrogens (tertiary/aromatic N) is 1. The first-order valence-corrected chi connectivity index (χ1v) is 4.50. The van der Waals surface area contributed by atoms with Crippen LogP contribution in [0.25, 0.3) is 0 Å². The first-order chi connectivity index (χ1) is 6.74. The lowest BCUT2D eigenvalue weighted by Crippen LogP contribution is -2.33. The van der Waals surface area contributed by atoms with Crippen LogP contribution in [-0.4, -0.2) is 36.2 Å². The smallest absolute Gasteiger partial charge is 0.260 e. The van der Waals surface area contributed by atoms with Crippen molar-refractivity contribution in [3.05, 3.63) is 12.2 Å². The van der Waals surface area contributed by atoms with Gasteiger partial charge in [0, 0.05) is 0 Å². The number of amides is 2. The number of hydrogen-bond acceptors (Lipinski definition) is 4. The minimum absolute atomic E-state index is 0.235. The summed E-state index contributed by atoms with van der Waals surface area (Å²) in [5.41, 5.74) is 0. The predicted octanol–water partition coefficient (Wildman–Crippen LogP) is -0.514. The molecule has 0 radical (unpaired) electrons. The Balaban J connectivity index is 2.02. The SMILES string of the molecule is CON1C(=O)[C@@H]2[C@@H](C1=O)[C@H]1C=C[C@@H]2O1. The zero-order valence-electron chi connectivity index (χ0n) is 7.54. The van der Waals surface area contributed by atoms with E-state index < -0.39 is 0 Å². The second-order valence-corrected chi connectivity index (χ2v) is 3.66. The van der Waals surface area contributed by atoms with E-state index in [2.05, 4.69) is 0 Å². The normalized spacial score (nSPS) is 43.9. The van der Waals surface area contributed by atoms with E-state index in [1.807, 2.05) is 12.2 Å². The highest BCUT2D eigenvalue weighted by Crippen LogP contribution is 2.44. The van der Waals surface area contributed by atoms with Gasteiger partial charge in [-0.1, -0.05) is 12.2 Å². The van der Waals surface area contributed by atoms with E-state index in [9.17, 15) is 9.59 Å². The number of carbonyl (C=O) groups is 2. The number of hydrogen-bond donors (Lipinski definition) is 0. The van der Waals surface area contributed by atoms with Crippen molar-refractivity contribution in [2.45, 2.75) is 12.2 Å². The average molecular weight is 195 g/mol. The lowest BCUT2D eigenvalue weighted by atomic mass is 9.85. The van der Waals surface area contributed by atoms with Gasteiger partial charge in [-0.15, -0.1) is 0 Å². The molecule has 2 fully saturated rings. The van der Waals surface area contributed by atoms with Crippen LogP contribution in [0.3, 0.4) is 0 Å². The maximum atomic E-state index is 11.7. The van der Waals surface area contributed by atoms with Gasteiger partial charge in [0.25, 0.3) is 11.8 Å². The molecule has 0 saturated carbocycles. The summed E-state index contributed by atoms with van der Waals surface area (Å²) in [5, 5.41) is 0.852. The van der Waals surface area contributed by atoms with Crippen LogP contribution in [0.4, 0.5) is 0 Å². The average Bonchev–Trinajstić information content (AvgIpc) is 2.80. The van der Waals surface area contributed by atoms with Gasteiger partial charge in [0.05, 0.1) is 31.2 Å². The molecule has 0 spiro atoms. The molecule has 3 aliphatic heterocycles. The van der Waals surface area contributed by atoms with Crippen LogP contribution in [-0.2, 0) is 19.2 Å². The Morgan fingerprint density at radius 1 is 1.21 bits per heavy atom. The molecule has 74 valence electrons. The Hall–Kier alpha value is -1.20. The van der Waals surface area contributed by atoms with Crippen LogP contribution in [0, 0.1) is 11.8 Å². The van der Waals surface area contributed by atoms with Gasteiger partial charge in [0.15, 0.2) is 0 Å². The summed E-state index contributed by atoms with van der Waals surface area (Å²) in [5.74, 6) is -1.28. The predicted molar refractivity (Wildman–Crippen MR) is 43.6 cm³/mol. The molecule has 0 aromatic heterocycles. The molecule has 5 nitrogen and oxygen atoms in total. The zero-order valence-corrected chi connectivity index (χ0v) is 7.54. The maximum Gasteiger partial charge on any atom is 0.260 e. The lowest BCUT2D eigenvalue weighted by Gasteiger charge is -2.13. The van der Waals surface area contributed by atoms with Crippen molar-refractivity contribution < 1.29 is 19.2 Å². The first kappa shape index (κ1) is 8.14. The molecule has 3 heterocycles. The van der Waals surface area contributed by atoms with Crippen LogP contribution in [0.5, 0.6) is 0 Å². The van der Waals surface area contributed by atoms with Crippen molar-refractivity contribution in [2.75, 3.05) is 7.11 Å². The van der Waals surface area contributed by atoms with E-state index in [-0.39, 0.29) is 35.9 Å². The van der Waals surface area contributed by atoms with Gasteiger partial charge in [0.1, 0.15) is 0 Å².